The highest BCUT2D eigenvalue weighted by Crippen LogP contribution is 2.22. The predicted molar refractivity (Wildman–Crippen MR) is 102 cm³/mol. The van der Waals surface area contributed by atoms with Gasteiger partial charge in [-0.1, -0.05) is 11.6 Å². The second-order valence-electron chi connectivity index (χ2n) is 5.81. The van der Waals surface area contributed by atoms with E-state index >= 15 is 0 Å². The van der Waals surface area contributed by atoms with Crippen molar-refractivity contribution in [3.63, 3.8) is 0 Å². The molecule has 0 bridgehead atoms. The molecular formula is C17H23ClN4S. The summed E-state index contributed by atoms with van der Waals surface area (Å²) in [4.78, 5) is 7.63. The Morgan fingerprint density at radius 1 is 1.48 bits per heavy atom. The lowest BCUT2D eigenvalue weighted by Crippen LogP contribution is -2.46. The number of hydrogen-bond donors (Lipinski definition) is 3. The molecule has 1 atom stereocenters. The number of thioether (sulfide) groups is 1. The Kier molecular flexibility index (Phi) is 5.73. The van der Waals surface area contributed by atoms with Crippen LogP contribution in [0.1, 0.15) is 18.4 Å². The third kappa shape index (κ3) is 4.36. The monoisotopic (exact) mass is 350 g/mol. The van der Waals surface area contributed by atoms with Crippen LogP contribution in [-0.2, 0) is 6.42 Å². The lowest BCUT2D eigenvalue weighted by molar-refractivity contribution is 0.582. The molecule has 2 aromatic rings. The molecule has 1 aliphatic heterocycles. The molecule has 0 radical (unpaired) electrons. The maximum atomic E-state index is 6.10. The Morgan fingerprint density at radius 3 is 3.17 bits per heavy atom. The molecule has 1 aromatic carbocycles. The van der Waals surface area contributed by atoms with Crippen LogP contribution in [0, 0.1) is 0 Å². The predicted octanol–water partition coefficient (Wildman–Crippen LogP) is 3.42. The summed E-state index contributed by atoms with van der Waals surface area (Å²) < 4.78 is 0. The number of aromatic nitrogens is 1. The number of fused-ring (bicyclic) bond motifs is 1. The van der Waals surface area contributed by atoms with Gasteiger partial charge in [0, 0.05) is 47.5 Å². The summed E-state index contributed by atoms with van der Waals surface area (Å²) >= 11 is 8.12. The second-order valence-corrected chi connectivity index (χ2v) is 7.40. The van der Waals surface area contributed by atoms with E-state index in [-0.39, 0.29) is 0 Å². The Labute approximate surface area is 146 Å². The van der Waals surface area contributed by atoms with Crippen molar-refractivity contribution in [2.75, 3.05) is 25.1 Å². The van der Waals surface area contributed by atoms with Gasteiger partial charge in [-0.15, -0.1) is 0 Å². The first kappa shape index (κ1) is 16.5. The number of halogens is 1. The van der Waals surface area contributed by atoms with Gasteiger partial charge in [0.05, 0.1) is 0 Å². The molecule has 6 heteroatoms. The normalized spacial score (nSPS) is 19.0. The van der Waals surface area contributed by atoms with Crippen LogP contribution < -0.4 is 10.6 Å². The molecule has 4 nitrogen and oxygen atoms in total. The Morgan fingerprint density at radius 2 is 2.39 bits per heavy atom. The lowest BCUT2D eigenvalue weighted by Gasteiger charge is -2.24. The van der Waals surface area contributed by atoms with Crippen LogP contribution in [0.4, 0.5) is 0 Å². The van der Waals surface area contributed by atoms with Gasteiger partial charge < -0.3 is 15.6 Å². The standard InChI is InChI=1S/C17H23ClN4S/c1-19-17(22-14-3-2-8-23-11-14)20-7-6-12-10-21-16-5-4-13(18)9-15(12)16/h4-5,9-10,14,21H,2-3,6-8,11H2,1H3,(H2,19,20,22). The minimum Gasteiger partial charge on any atom is -0.361 e. The summed E-state index contributed by atoms with van der Waals surface area (Å²) in [7, 11) is 1.83. The summed E-state index contributed by atoms with van der Waals surface area (Å²) in [6.07, 6.45) is 5.52. The van der Waals surface area contributed by atoms with Gasteiger partial charge in [0.2, 0.25) is 0 Å². The fourth-order valence-electron chi connectivity index (χ4n) is 2.92. The topological polar surface area (TPSA) is 52.2 Å². The number of benzene rings is 1. The summed E-state index contributed by atoms with van der Waals surface area (Å²) in [5.41, 5.74) is 2.41. The molecule has 3 N–H and O–H groups in total. The van der Waals surface area contributed by atoms with Crippen molar-refractivity contribution < 1.29 is 0 Å². The second kappa shape index (κ2) is 7.97. The van der Waals surface area contributed by atoms with Gasteiger partial charge in [-0.25, -0.2) is 0 Å². The number of hydrogen-bond acceptors (Lipinski definition) is 2. The maximum absolute atomic E-state index is 6.10. The van der Waals surface area contributed by atoms with Crippen molar-refractivity contribution in [3.8, 4) is 0 Å². The number of nitrogens with one attached hydrogen (secondary N) is 3. The minimum atomic E-state index is 0.534. The molecule has 0 aliphatic carbocycles. The number of rotatable bonds is 4. The van der Waals surface area contributed by atoms with E-state index in [0.29, 0.717) is 6.04 Å². The van der Waals surface area contributed by atoms with Crippen LogP contribution in [0.25, 0.3) is 10.9 Å². The molecule has 1 fully saturated rings. The molecule has 0 saturated carbocycles. The van der Waals surface area contributed by atoms with Crippen molar-refractivity contribution in [1.29, 1.82) is 0 Å². The third-order valence-corrected chi connectivity index (χ3v) is 5.59. The van der Waals surface area contributed by atoms with Crippen LogP contribution in [0.5, 0.6) is 0 Å². The molecule has 124 valence electrons. The van der Waals surface area contributed by atoms with Crippen molar-refractivity contribution in [3.05, 3.63) is 35.0 Å². The average Bonchev–Trinajstić information content (AvgIpc) is 2.97. The van der Waals surface area contributed by atoms with E-state index in [0.717, 1.165) is 29.5 Å². The molecule has 1 unspecified atom stereocenters. The molecule has 1 saturated heterocycles. The van der Waals surface area contributed by atoms with Crippen molar-refractivity contribution >= 4 is 40.2 Å². The Bertz CT molecular complexity index is 676. The summed E-state index contributed by atoms with van der Waals surface area (Å²) in [5.74, 6) is 3.35. The zero-order valence-corrected chi connectivity index (χ0v) is 14.9. The largest absolute Gasteiger partial charge is 0.361 e. The first-order valence-electron chi connectivity index (χ1n) is 8.06. The molecule has 1 aromatic heterocycles. The molecular weight excluding hydrogens is 328 g/mol. The summed E-state index contributed by atoms with van der Waals surface area (Å²) in [5, 5.41) is 8.91. The lowest BCUT2D eigenvalue weighted by atomic mass is 10.1. The van der Waals surface area contributed by atoms with Gasteiger partial charge in [-0.3, -0.25) is 4.99 Å². The van der Waals surface area contributed by atoms with Crippen LogP contribution in [0.15, 0.2) is 29.4 Å². The summed E-state index contributed by atoms with van der Waals surface area (Å²) in [6.45, 7) is 0.846. The Balaban J connectivity index is 1.53. The van der Waals surface area contributed by atoms with E-state index in [1.807, 2.05) is 37.0 Å². The average molecular weight is 351 g/mol. The number of H-pyrrole nitrogens is 1. The summed E-state index contributed by atoms with van der Waals surface area (Å²) in [6, 6.07) is 6.49. The van der Waals surface area contributed by atoms with Gasteiger partial charge in [-0.2, -0.15) is 11.8 Å². The van der Waals surface area contributed by atoms with Gasteiger partial charge in [-0.05, 0) is 48.8 Å². The first-order chi connectivity index (χ1) is 11.3. The quantitative estimate of drug-likeness (QED) is 0.585. The van der Waals surface area contributed by atoms with Crippen LogP contribution in [0.3, 0.4) is 0 Å². The smallest absolute Gasteiger partial charge is 0.191 e. The van der Waals surface area contributed by atoms with E-state index in [1.54, 1.807) is 0 Å². The van der Waals surface area contributed by atoms with E-state index in [2.05, 4.69) is 26.8 Å². The molecule has 1 aliphatic rings. The van der Waals surface area contributed by atoms with Crippen LogP contribution in [-0.4, -0.2) is 42.1 Å². The van der Waals surface area contributed by atoms with Crippen LogP contribution >= 0.6 is 23.4 Å². The third-order valence-electron chi connectivity index (χ3n) is 4.14. The van der Waals surface area contributed by atoms with Gasteiger partial charge in [0.1, 0.15) is 0 Å². The van der Waals surface area contributed by atoms with Gasteiger partial charge >= 0.3 is 0 Å². The fourth-order valence-corrected chi connectivity index (χ4v) is 4.16. The molecule has 0 amide bonds. The van der Waals surface area contributed by atoms with Gasteiger partial charge in [0.15, 0.2) is 5.96 Å². The van der Waals surface area contributed by atoms with E-state index in [9.17, 15) is 0 Å². The number of guanidine groups is 1. The van der Waals surface area contributed by atoms with E-state index in [1.165, 1.54) is 35.3 Å². The highest BCUT2D eigenvalue weighted by atomic mass is 35.5. The van der Waals surface area contributed by atoms with Crippen molar-refractivity contribution in [1.82, 2.24) is 15.6 Å². The Hall–Kier alpha value is -1.33. The molecule has 23 heavy (non-hydrogen) atoms. The van der Waals surface area contributed by atoms with E-state index < -0.39 is 0 Å². The zero-order valence-electron chi connectivity index (χ0n) is 13.4. The van der Waals surface area contributed by atoms with Gasteiger partial charge in [0.25, 0.3) is 0 Å². The van der Waals surface area contributed by atoms with Crippen molar-refractivity contribution in [2.45, 2.75) is 25.3 Å². The highest BCUT2D eigenvalue weighted by molar-refractivity contribution is 7.99. The maximum Gasteiger partial charge on any atom is 0.191 e. The zero-order chi connectivity index (χ0) is 16.1. The SMILES string of the molecule is CN=C(NCCc1c[nH]c2ccc(Cl)cc12)NC1CCCSC1. The van der Waals surface area contributed by atoms with E-state index in [4.69, 9.17) is 11.6 Å². The van der Waals surface area contributed by atoms with Crippen molar-refractivity contribution in [2.24, 2.45) is 4.99 Å². The minimum absolute atomic E-state index is 0.534. The molecule has 3 rings (SSSR count). The molecule has 0 spiro atoms. The fraction of sp³-hybridized carbons (Fsp3) is 0.471. The highest BCUT2D eigenvalue weighted by Gasteiger charge is 2.14. The van der Waals surface area contributed by atoms with Crippen LogP contribution in [0.2, 0.25) is 5.02 Å². The number of nitrogens with zero attached hydrogens (tertiary/aromatic N) is 1. The number of aliphatic imine (C=N–C) groups is 1. The number of aromatic amines is 1. The molecule has 2 heterocycles. The first-order valence-corrected chi connectivity index (χ1v) is 9.60.